The average Bonchev–Trinajstić information content (AvgIpc) is 3.15. The van der Waals surface area contributed by atoms with E-state index in [1.54, 1.807) is 30.3 Å². The van der Waals surface area contributed by atoms with Crippen molar-refractivity contribution in [1.29, 1.82) is 0 Å². The second-order valence-corrected chi connectivity index (χ2v) is 14.9. The summed E-state index contributed by atoms with van der Waals surface area (Å²) in [7, 11) is 0. The van der Waals surface area contributed by atoms with Crippen molar-refractivity contribution >= 4 is 23.9 Å². The van der Waals surface area contributed by atoms with Crippen LogP contribution in [0.5, 0.6) is 0 Å². The van der Waals surface area contributed by atoms with E-state index in [1.165, 1.54) is 6.07 Å². The standard InChI is InChI=1S/C44H66O8/c1-9-13-18-31(5)27-49-41(45)37-25-24-35(26-39(37)43(47)51-29-33(7)20-15-11-3)36-22-17-23-38(42(46)50-28-32(6)19-14-10-2)40(36)44(48)52-30-34(8)21-16-12-4/h17,22-26,31-34H,9-16,18-21,27-30H2,1-8H3. The molecule has 290 valence electrons. The maximum absolute atomic E-state index is 13.9. The molecule has 2 rings (SSSR count). The van der Waals surface area contributed by atoms with Crippen LogP contribution in [0.15, 0.2) is 36.4 Å². The molecule has 0 aliphatic rings. The number of carbonyl (C=O) groups is 4. The van der Waals surface area contributed by atoms with Crippen LogP contribution in [0.1, 0.15) is 174 Å². The summed E-state index contributed by atoms with van der Waals surface area (Å²) >= 11 is 0. The van der Waals surface area contributed by atoms with E-state index in [0.717, 1.165) is 77.0 Å². The molecule has 0 aliphatic heterocycles. The first-order chi connectivity index (χ1) is 25.0. The van der Waals surface area contributed by atoms with Crippen LogP contribution in [0.4, 0.5) is 0 Å². The summed E-state index contributed by atoms with van der Waals surface area (Å²) in [5, 5.41) is 0. The van der Waals surface area contributed by atoms with E-state index in [0.29, 0.717) is 11.1 Å². The molecule has 0 aromatic heterocycles. The summed E-state index contributed by atoms with van der Waals surface area (Å²) < 4.78 is 23.0. The maximum Gasteiger partial charge on any atom is 0.339 e. The number of hydrogen-bond acceptors (Lipinski definition) is 8. The molecular weight excluding hydrogens is 656 g/mol. The van der Waals surface area contributed by atoms with Gasteiger partial charge in [-0.15, -0.1) is 0 Å². The van der Waals surface area contributed by atoms with Crippen molar-refractivity contribution in [3.63, 3.8) is 0 Å². The Morgan fingerprint density at radius 1 is 0.481 bits per heavy atom. The minimum Gasteiger partial charge on any atom is -0.462 e. The molecule has 0 saturated heterocycles. The third-order valence-corrected chi connectivity index (χ3v) is 9.46. The molecule has 8 heteroatoms. The number of rotatable bonds is 25. The quantitative estimate of drug-likeness (QED) is 0.0736. The third kappa shape index (κ3) is 15.1. The second kappa shape index (κ2) is 24.5. The summed E-state index contributed by atoms with van der Waals surface area (Å²) in [6.45, 7) is 17.5. The Kier molecular flexibility index (Phi) is 21.0. The first kappa shape index (κ1) is 44.5. The molecular formula is C44H66O8. The molecule has 8 nitrogen and oxygen atoms in total. The van der Waals surface area contributed by atoms with Gasteiger partial charge in [-0.1, -0.05) is 125 Å². The van der Waals surface area contributed by atoms with Crippen molar-refractivity contribution in [2.24, 2.45) is 23.7 Å². The monoisotopic (exact) mass is 722 g/mol. The molecule has 0 spiro atoms. The minimum atomic E-state index is -0.651. The molecule has 0 heterocycles. The largest absolute Gasteiger partial charge is 0.462 e. The Bertz CT molecular complexity index is 1400. The van der Waals surface area contributed by atoms with Crippen molar-refractivity contribution in [3.8, 4) is 11.1 Å². The maximum atomic E-state index is 13.9. The van der Waals surface area contributed by atoms with E-state index in [-0.39, 0.29) is 72.4 Å². The summed E-state index contributed by atoms with van der Waals surface area (Å²) in [4.78, 5) is 54.6. The molecule has 4 atom stereocenters. The van der Waals surface area contributed by atoms with Crippen LogP contribution in [0.2, 0.25) is 0 Å². The first-order valence-electron chi connectivity index (χ1n) is 19.9. The van der Waals surface area contributed by atoms with E-state index >= 15 is 0 Å². The zero-order valence-electron chi connectivity index (χ0n) is 33.4. The van der Waals surface area contributed by atoms with Crippen molar-refractivity contribution in [2.45, 2.75) is 132 Å². The Labute approximate surface area is 313 Å². The molecule has 0 aliphatic carbocycles. The molecule has 0 fully saturated rings. The van der Waals surface area contributed by atoms with Crippen LogP contribution < -0.4 is 0 Å². The number of hydrogen-bond donors (Lipinski definition) is 0. The lowest BCUT2D eigenvalue weighted by Crippen LogP contribution is -2.20. The molecule has 2 aromatic rings. The van der Waals surface area contributed by atoms with Gasteiger partial charge in [-0.05, 0) is 78.7 Å². The van der Waals surface area contributed by atoms with Gasteiger partial charge < -0.3 is 18.9 Å². The molecule has 4 unspecified atom stereocenters. The molecule has 0 bridgehead atoms. The number of carbonyl (C=O) groups excluding carboxylic acids is 4. The van der Waals surface area contributed by atoms with E-state index in [2.05, 4.69) is 27.7 Å². The van der Waals surface area contributed by atoms with Crippen LogP contribution in [0.3, 0.4) is 0 Å². The summed E-state index contributed by atoms with van der Waals surface area (Å²) in [6.07, 6.45) is 12.0. The minimum absolute atomic E-state index is 0.0386. The highest BCUT2D eigenvalue weighted by molar-refractivity contribution is 6.09. The van der Waals surface area contributed by atoms with Gasteiger partial charge in [0, 0.05) is 0 Å². The molecule has 0 saturated carbocycles. The zero-order chi connectivity index (χ0) is 38.5. The number of ether oxygens (including phenoxy) is 4. The van der Waals surface area contributed by atoms with Gasteiger partial charge in [0.25, 0.3) is 0 Å². The lowest BCUT2D eigenvalue weighted by molar-refractivity contribution is 0.0396. The van der Waals surface area contributed by atoms with Crippen molar-refractivity contribution in [3.05, 3.63) is 58.7 Å². The smallest absolute Gasteiger partial charge is 0.339 e. The van der Waals surface area contributed by atoms with Gasteiger partial charge in [0.05, 0.1) is 48.7 Å². The SMILES string of the molecule is CCCCC(C)COC(=O)c1ccc(-c2cccc(C(=O)OCC(C)CCCC)c2C(=O)OCC(C)CCCC)cc1C(=O)OCC(C)CCCC. The topological polar surface area (TPSA) is 105 Å². The van der Waals surface area contributed by atoms with Crippen LogP contribution in [-0.2, 0) is 18.9 Å². The molecule has 0 amide bonds. The fourth-order valence-corrected chi connectivity index (χ4v) is 5.96. The molecule has 52 heavy (non-hydrogen) atoms. The van der Waals surface area contributed by atoms with Crippen LogP contribution in [0.25, 0.3) is 11.1 Å². The summed E-state index contributed by atoms with van der Waals surface area (Å²) in [5.74, 6) is -1.90. The number of unbranched alkanes of at least 4 members (excludes halogenated alkanes) is 4. The normalized spacial score (nSPS) is 13.5. The molecule has 0 N–H and O–H groups in total. The highest BCUT2D eigenvalue weighted by atomic mass is 16.5. The fraction of sp³-hybridized carbons (Fsp3) is 0.636. The molecule has 2 aromatic carbocycles. The fourth-order valence-electron chi connectivity index (χ4n) is 5.96. The predicted octanol–water partition coefficient (Wildman–Crippen LogP) is 11.3. The van der Waals surface area contributed by atoms with Crippen LogP contribution in [-0.4, -0.2) is 50.3 Å². The van der Waals surface area contributed by atoms with Gasteiger partial charge in [0.2, 0.25) is 0 Å². The zero-order valence-corrected chi connectivity index (χ0v) is 33.4. The predicted molar refractivity (Wildman–Crippen MR) is 208 cm³/mol. The lowest BCUT2D eigenvalue weighted by atomic mass is 9.92. The van der Waals surface area contributed by atoms with Crippen molar-refractivity contribution < 1.29 is 38.1 Å². The van der Waals surface area contributed by atoms with Gasteiger partial charge in [-0.2, -0.15) is 0 Å². The van der Waals surface area contributed by atoms with Crippen LogP contribution in [0, 0.1) is 23.7 Å². The van der Waals surface area contributed by atoms with Gasteiger partial charge in [-0.3, -0.25) is 0 Å². The average molecular weight is 723 g/mol. The van der Waals surface area contributed by atoms with E-state index in [1.807, 2.05) is 27.7 Å². The van der Waals surface area contributed by atoms with E-state index < -0.39 is 23.9 Å². The number of benzene rings is 2. The Morgan fingerprint density at radius 3 is 1.29 bits per heavy atom. The van der Waals surface area contributed by atoms with Gasteiger partial charge in [-0.25, -0.2) is 19.2 Å². The Hall–Kier alpha value is -3.68. The van der Waals surface area contributed by atoms with Crippen LogP contribution >= 0.6 is 0 Å². The van der Waals surface area contributed by atoms with Gasteiger partial charge in [0.15, 0.2) is 0 Å². The highest BCUT2D eigenvalue weighted by Gasteiger charge is 2.27. The first-order valence-corrected chi connectivity index (χ1v) is 19.9. The van der Waals surface area contributed by atoms with Crippen molar-refractivity contribution in [1.82, 2.24) is 0 Å². The summed E-state index contributed by atoms with van der Waals surface area (Å²) in [6, 6.07) is 9.71. The lowest BCUT2D eigenvalue weighted by Gasteiger charge is -2.18. The van der Waals surface area contributed by atoms with Crippen molar-refractivity contribution in [2.75, 3.05) is 26.4 Å². The van der Waals surface area contributed by atoms with E-state index in [9.17, 15) is 19.2 Å². The van der Waals surface area contributed by atoms with E-state index in [4.69, 9.17) is 18.9 Å². The third-order valence-electron chi connectivity index (χ3n) is 9.46. The summed E-state index contributed by atoms with van der Waals surface area (Å²) in [5.41, 5.74) is 1.11. The second-order valence-electron chi connectivity index (χ2n) is 14.9. The van der Waals surface area contributed by atoms with Gasteiger partial charge >= 0.3 is 23.9 Å². The Morgan fingerprint density at radius 2 is 0.865 bits per heavy atom. The molecule has 0 radical (unpaired) electrons. The highest BCUT2D eigenvalue weighted by Crippen LogP contribution is 2.31. The Balaban J connectivity index is 2.59. The number of esters is 4. The van der Waals surface area contributed by atoms with Gasteiger partial charge in [0.1, 0.15) is 0 Å².